The van der Waals surface area contributed by atoms with Crippen LogP contribution in [0.15, 0.2) is 24.4 Å². The monoisotopic (exact) mass is 217 g/mol. The molecule has 2 aliphatic rings. The number of carbonyl (C=O) groups is 1. The maximum Gasteiger partial charge on any atom is 0.407 e. The van der Waals surface area contributed by atoms with Crippen LogP contribution in [0.3, 0.4) is 0 Å². The van der Waals surface area contributed by atoms with E-state index in [4.69, 9.17) is 5.11 Å². The summed E-state index contributed by atoms with van der Waals surface area (Å²) in [6.45, 7) is 1.12. The molecule has 2 aliphatic heterocycles. The smallest absolute Gasteiger partial charge is 0.407 e. The van der Waals surface area contributed by atoms with Crippen LogP contribution in [0.5, 0.6) is 0 Å². The highest BCUT2D eigenvalue weighted by atomic mass is 16.4. The van der Waals surface area contributed by atoms with Gasteiger partial charge in [-0.05, 0) is 18.6 Å². The molecule has 0 saturated heterocycles. The maximum atomic E-state index is 11.0. The van der Waals surface area contributed by atoms with E-state index in [-0.39, 0.29) is 0 Å². The van der Waals surface area contributed by atoms with Crippen molar-refractivity contribution in [3.05, 3.63) is 35.7 Å². The Hall–Kier alpha value is -1.84. The Kier molecular flexibility index (Phi) is 1.96. The molecule has 0 bridgehead atoms. The summed E-state index contributed by atoms with van der Waals surface area (Å²) in [5.41, 5.74) is 2.41. The van der Waals surface area contributed by atoms with Gasteiger partial charge in [-0.2, -0.15) is 4.57 Å². The molecule has 3 rings (SSSR count). The van der Waals surface area contributed by atoms with Crippen LogP contribution >= 0.6 is 0 Å². The zero-order valence-corrected chi connectivity index (χ0v) is 8.84. The summed E-state index contributed by atoms with van der Waals surface area (Å²) in [7, 11) is 0. The minimum Gasteiger partial charge on any atom is -0.465 e. The molecule has 3 heterocycles. The average Bonchev–Trinajstić information content (AvgIpc) is 2.29. The highest BCUT2D eigenvalue weighted by molar-refractivity contribution is 5.65. The van der Waals surface area contributed by atoms with Crippen molar-refractivity contribution in [2.24, 2.45) is 0 Å². The van der Waals surface area contributed by atoms with Crippen molar-refractivity contribution in [1.29, 1.82) is 0 Å². The molecule has 82 valence electrons. The molecule has 4 heteroatoms. The molecule has 0 radical (unpaired) electrons. The Morgan fingerprint density at radius 2 is 2.44 bits per heavy atom. The molecule has 1 amide bonds. The summed E-state index contributed by atoms with van der Waals surface area (Å²) in [5.74, 6) is 0.311. The lowest BCUT2D eigenvalue weighted by Gasteiger charge is -2.30. The van der Waals surface area contributed by atoms with Gasteiger partial charge in [0.05, 0.1) is 12.5 Å². The first-order chi connectivity index (χ1) is 7.75. The number of rotatable bonds is 0. The lowest BCUT2D eigenvalue weighted by atomic mass is 9.90. The van der Waals surface area contributed by atoms with Gasteiger partial charge in [-0.1, -0.05) is 0 Å². The highest BCUT2D eigenvalue weighted by Gasteiger charge is 2.35. The van der Waals surface area contributed by atoms with Crippen molar-refractivity contribution >= 4 is 12.3 Å². The topological polar surface area (TPSA) is 44.4 Å². The van der Waals surface area contributed by atoms with Crippen LogP contribution < -0.4 is 4.57 Å². The number of allylic oxidation sites excluding steroid dienone is 1. The molecule has 0 spiro atoms. The van der Waals surface area contributed by atoms with Gasteiger partial charge in [0.15, 0.2) is 18.1 Å². The second kappa shape index (κ2) is 3.33. The Labute approximate surface area is 93.4 Å². The second-order valence-electron chi connectivity index (χ2n) is 4.31. The van der Waals surface area contributed by atoms with E-state index >= 15 is 0 Å². The van der Waals surface area contributed by atoms with Crippen LogP contribution in [-0.4, -0.2) is 22.6 Å². The number of carboxylic acid groups (broad SMARTS) is 1. The number of hydrogen-bond donors (Lipinski definition) is 1. The van der Waals surface area contributed by atoms with Gasteiger partial charge >= 0.3 is 6.09 Å². The third-order valence-corrected chi connectivity index (χ3v) is 3.30. The van der Waals surface area contributed by atoms with Crippen molar-refractivity contribution in [2.45, 2.75) is 18.9 Å². The molecule has 1 aromatic rings. The first kappa shape index (κ1) is 9.39. The Bertz CT molecular complexity index is 482. The zero-order chi connectivity index (χ0) is 11.1. The Morgan fingerprint density at radius 3 is 3.25 bits per heavy atom. The third-order valence-electron chi connectivity index (χ3n) is 3.30. The molecular formula is C12H13N2O2+. The molecule has 4 nitrogen and oxygen atoms in total. The Morgan fingerprint density at radius 1 is 1.56 bits per heavy atom. The van der Waals surface area contributed by atoms with E-state index in [9.17, 15) is 4.79 Å². The summed E-state index contributed by atoms with van der Waals surface area (Å²) >= 11 is 0. The average molecular weight is 217 g/mol. The van der Waals surface area contributed by atoms with Gasteiger partial charge in [0, 0.05) is 18.2 Å². The van der Waals surface area contributed by atoms with Crippen LogP contribution in [0, 0.1) is 0 Å². The predicted molar refractivity (Wildman–Crippen MR) is 57.8 cm³/mol. The lowest BCUT2D eigenvalue weighted by Crippen LogP contribution is -2.46. The predicted octanol–water partition coefficient (Wildman–Crippen LogP) is 1.43. The van der Waals surface area contributed by atoms with Gasteiger partial charge in [-0.25, -0.2) is 4.79 Å². The van der Waals surface area contributed by atoms with Gasteiger partial charge in [0.2, 0.25) is 0 Å². The number of nitrogens with zero attached hydrogens (tertiary/aromatic N) is 2. The van der Waals surface area contributed by atoms with E-state index in [1.165, 1.54) is 10.6 Å². The first-order valence-corrected chi connectivity index (χ1v) is 5.43. The van der Waals surface area contributed by atoms with E-state index in [1.54, 1.807) is 0 Å². The Balaban J connectivity index is 2.08. The van der Waals surface area contributed by atoms with Gasteiger partial charge in [-0.15, -0.1) is 0 Å². The largest absolute Gasteiger partial charge is 0.465 e. The minimum atomic E-state index is -0.824. The molecule has 1 unspecified atom stereocenters. The molecule has 16 heavy (non-hydrogen) atoms. The van der Waals surface area contributed by atoms with Crippen LogP contribution in [-0.2, 0) is 6.54 Å². The van der Waals surface area contributed by atoms with Crippen molar-refractivity contribution in [3.8, 4) is 0 Å². The zero-order valence-electron chi connectivity index (χ0n) is 8.84. The van der Waals surface area contributed by atoms with Gasteiger partial charge in [0.1, 0.15) is 0 Å². The van der Waals surface area contributed by atoms with Crippen molar-refractivity contribution < 1.29 is 14.5 Å². The van der Waals surface area contributed by atoms with Gasteiger partial charge in [0.25, 0.3) is 0 Å². The molecule has 0 aliphatic carbocycles. The van der Waals surface area contributed by atoms with Crippen LogP contribution in [0.25, 0.3) is 6.20 Å². The molecule has 1 N–H and O–H groups in total. The standard InChI is InChI=1S/C12H12N2O2/c15-12(16)14-7-9-3-1-5-13-6-2-4-10(8-14)11(9)13/h1-3,5-6,10H,4,7-8H2/p+1. The van der Waals surface area contributed by atoms with E-state index in [2.05, 4.69) is 16.8 Å². The fourth-order valence-electron chi connectivity index (χ4n) is 2.61. The number of pyridine rings is 1. The normalized spacial score (nSPS) is 21.8. The van der Waals surface area contributed by atoms with Crippen molar-refractivity contribution in [2.75, 3.05) is 6.54 Å². The summed E-state index contributed by atoms with van der Waals surface area (Å²) in [6.07, 6.45) is 6.30. The van der Waals surface area contributed by atoms with Crippen molar-refractivity contribution in [3.63, 3.8) is 0 Å². The van der Waals surface area contributed by atoms with Crippen LogP contribution in [0.1, 0.15) is 23.6 Å². The maximum absolute atomic E-state index is 11.0. The van der Waals surface area contributed by atoms with E-state index < -0.39 is 6.09 Å². The highest BCUT2D eigenvalue weighted by Crippen LogP contribution is 2.30. The molecular weight excluding hydrogens is 204 g/mol. The fraction of sp³-hybridized carbons (Fsp3) is 0.333. The number of amides is 1. The van der Waals surface area contributed by atoms with Gasteiger partial charge < -0.3 is 10.0 Å². The lowest BCUT2D eigenvalue weighted by molar-refractivity contribution is -0.582. The SMILES string of the molecule is O=C(O)N1Cc2ccc[n+]3c2C(CC=C3)C1. The molecule has 0 fully saturated rings. The fourth-order valence-corrected chi connectivity index (χ4v) is 2.61. The summed E-state index contributed by atoms with van der Waals surface area (Å²) in [6, 6.07) is 3.99. The quantitative estimate of drug-likeness (QED) is 0.668. The second-order valence-corrected chi connectivity index (χ2v) is 4.31. The van der Waals surface area contributed by atoms with Gasteiger partial charge in [-0.3, -0.25) is 0 Å². The van der Waals surface area contributed by atoms with Crippen molar-refractivity contribution in [1.82, 2.24) is 4.90 Å². The van der Waals surface area contributed by atoms with Crippen LogP contribution in [0.2, 0.25) is 0 Å². The number of aromatic nitrogens is 1. The van der Waals surface area contributed by atoms with E-state index in [0.717, 1.165) is 12.0 Å². The summed E-state index contributed by atoms with van der Waals surface area (Å²) < 4.78 is 2.11. The molecule has 1 aromatic heterocycles. The minimum absolute atomic E-state index is 0.311. The third kappa shape index (κ3) is 1.30. The number of hydrogen-bond acceptors (Lipinski definition) is 1. The molecule has 0 saturated carbocycles. The summed E-state index contributed by atoms with van der Waals surface area (Å²) in [4.78, 5) is 12.5. The van der Waals surface area contributed by atoms with E-state index in [1.807, 2.05) is 18.3 Å². The first-order valence-electron chi connectivity index (χ1n) is 5.43. The summed E-state index contributed by atoms with van der Waals surface area (Å²) in [5, 5.41) is 9.07. The van der Waals surface area contributed by atoms with E-state index in [0.29, 0.717) is 19.0 Å². The van der Waals surface area contributed by atoms with Crippen LogP contribution in [0.4, 0.5) is 4.79 Å². The molecule has 0 aromatic carbocycles. The molecule has 1 atom stereocenters.